The lowest BCUT2D eigenvalue weighted by molar-refractivity contribution is 0.774. The first-order valence-electron chi connectivity index (χ1n) is 6.55. The van der Waals surface area contributed by atoms with E-state index in [-0.39, 0.29) is 0 Å². The lowest BCUT2D eigenvalue weighted by atomic mass is 10.2. The van der Waals surface area contributed by atoms with Crippen molar-refractivity contribution in [1.82, 2.24) is 15.0 Å². The molecule has 4 nitrogen and oxygen atoms in total. The fourth-order valence-corrected chi connectivity index (χ4v) is 1.97. The highest BCUT2D eigenvalue weighted by atomic mass is 15.0. The third kappa shape index (κ3) is 3.74. The van der Waals surface area contributed by atoms with Crippen LogP contribution in [-0.4, -0.2) is 15.0 Å². The zero-order chi connectivity index (χ0) is 13.8. The zero-order valence-electron chi connectivity index (χ0n) is 11.9. The van der Waals surface area contributed by atoms with Gasteiger partial charge < -0.3 is 5.32 Å². The third-order valence-electron chi connectivity index (χ3n) is 2.81. The van der Waals surface area contributed by atoms with Crippen LogP contribution in [0, 0.1) is 13.8 Å². The van der Waals surface area contributed by atoms with Gasteiger partial charge in [0, 0.05) is 30.0 Å². The number of nitrogens with one attached hydrogen (secondary N) is 1. The fourth-order valence-electron chi connectivity index (χ4n) is 1.97. The minimum absolute atomic E-state index is 0.340. The van der Waals surface area contributed by atoms with Crippen molar-refractivity contribution in [3.05, 3.63) is 47.2 Å². The molecule has 100 valence electrons. The Hall–Kier alpha value is -1.97. The van der Waals surface area contributed by atoms with Crippen molar-refractivity contribution in [1.29, 1.82) is 0 Å². The van der Waals surface area contributed by atoms with Crippen molar-refractivity contribution in [3.8, 4) is 0 Å². The summed E-state index contributed by atoms with van der Waals surface area (Å²) in [7, 11) is 0. The Balaban J connectivity index is 2.07. The Kier molecular flexibility index (Phi) is 4.10. The molecule has 0 aliphatic heterocycles. The molecule has 2 heterocycles. The number of pyridine rings is 1. The topological polar surface area (TPSA) is 50.7 Å². The van der Waals surface area contributed by atoms with Gasteiger partial charge in [-0.05, 0) is 37.6 Å². The molecule has 0 radical (unpaired) electrons. The first kappa shape index (κ1) is 13.5. The van der Waals surface area contributed by atoms with Gasteiger partial charge in [-0.3, -0.25) is 4.98 Å². The van der Waals surface area contributed by atoms with Gasteiger partial charge in [-0.1, -0.05) is 13.8 Å². The molecule has 0 amide bonds. The standard InChI is InChI=1S/C15H20N4/c1-10(2)15-16-6-5-14(19-15)17-9-13-7-11(3)18-12(4)8-13/h5-8,10H,9H2,1-4H3,(H,16,17,19). The average molecular weight is 256 g/mol. The van der Waals surface area contributed by atoms with Gasteiger partial charge in [-0.2, -0.15) is 0 Å². The van der Waals surface area contributed by atoms with E-state index in [9.17, 15) is 0 Å². The van der Waals surface area contributed by atoms with Crippen LogP contribution in [0.25, 0.3) is 0 Å². The first-order chi connectivity index (χ1) is 9.04. The SMILES string of the molecule is Cc1cc(CNc2ccnc(C(C)C)n2)cc(C)n1. The summed E-state index contributed by atoms with van der Waals surface area (Å²) in [4.78, 5) is 13.1. The van der Waals surface area contributed by atoms with Crippen LogP contribution in [0.2, 0.25) is 0 Å². The summed E-state index contributed by atoms with van der Waals surface area (Å²) in [6, 6.07) is 6.07. The molecule has 0 bridgehead atoms. The molecule has 4 heteroatoms. The van der Waals surface area contributed by atoms with Gasteiger partial charge in [0.1, 0.15) is 11.6 Å². The monoisotopic (exact) mass is 256 g/mol. The molecule has 2 rings (SSSR count). The van der Waals surface area contributed by atoms with Crippen LogP contribution in [0.15, 0.2) is 24.4 Å². The minimum atomic E-state index is 0.340. The highest BCUT2D eigenvalue weighted by molar-refractivity contribution is 5.35. The molecular weight excluding hydrogens is 236 g/mol. The second-order valence-corrected chi connectivity index (χ2v) is 5.07. The number of aryl methyl sites for hydroxylation is 2. The number of rotatable bonds is 4. The second kappa shape index (κ2) is 5.78. The number of anilines is 1. The normalized spacial score (nSPS) is 10.8. The van der Waals surface area contributed by atoms with E-state index < -0.39 is 0 Å². The van der Waals surface area contributed by atoms with Crippen molar-refractivity contribution in [3.63, 3.8) is 0 Å². The highest BCUT2D eigenvalue weighted by Gasteiger charge is 2.04. The maximum Gasteiger partial charge on any atom is 0.133 e. The summed E-state index contributed by atoms with van der Waals surface area (Å²) in [5.41, 5.74) is 3.31. The van der Waals surface area contributed by atoms with Gasteiger partial charge in [-0.25, -0.2) is 9.97 Å². The van der Waals surface area contributed by atoms with E-state index >= 15 is 0 Å². The maximum atomic E-state index is 4.49. The quantitative estimate of drug-likeness (QED) is 0.912. The number of nitrogens with zero attached hydrogens (tertiary/aromatic N) is 3. The molecule has 0 aliphatic rings. The molecule has 0 atom stereocenters. The van der Waals surface area contributed by atoms with Crippen LogP contribution >= 0.6 is 0 Å². The van der Waals surface area contributed by atoms with Crippen LogP contribution in [0.5, 0.6) is 0 Å². The third-order valence-corrected chi connectivity index (χ3v) is 2.81. The predicted molar refractivity (Wildman–Crippen MR) is 77.2 cm³/mol. The van der Waals surface area contributed by atoms with Crippen LogP contribution in [0.3, 0.4) is 0 Å². The molecule has 19 heavy (non-hydrogen) atoms. The van der Waals surface area contributed by atoms with Gasteiger partial charge in [0.05, 0.1) is 0 Å². The van der Waals surface area contributed by atoms with Crippen LogP contribution in [0.1, 0.15) is 42.5 Å². The van der Waals surface area contributed by atoms with Gasteiger partial charge in [-0.15, -0.1) is 0 Å². The largest absolute Gasteiger partial charge is 0.366 e. The van der Waals surface area contributed by atoms with Crippen LogP contribution < -0.4 is 5.32 Å². The van der Waals surface area contributed by atoms with Crippen molar-refractivity contribution >= 4 is 5.82 Å². The second-order valence-electron chi connectivity index (χ2n) is 5.07. The average Bonchev–Trinajstić information content (AvgIpc) is 2.35. The Morgan fingerprint density at radius 3 is 2.42 bits per heavy atom. The minimum Gasteiger partial charge on any atom is -0.366 e. The van der Waals surface area contributed by atoms with E-state index in [4.69, 9.17) is 0 Å². The molecule has 0 unspecified atom stereocenters. The molecule has 0 fully saturated rings. The molecule has 0 saturated carbocycles. The summed E-state index contributed by atoms with van der Waals surface area (Å²) in [5.74, 6) is 2.07. The summed E-state index contributed by atoms with van der Waals surface area (Å²) >= 11 is 0. The lowest BCUT2D eigenvalue weighted by Crippen LogP contribution is -2.05. The van der Waals surface area contributed by atoms with E-state index in [0.29, 0.717) is 5.92 Å². The van der Waals surface area contributed by atoms with Crippen LogP contribution in [-0.2, 0) is 6.54 Å². The predicted octanol–water partition coefficient (Wildman–Crippen LogP) is 3.22. The Bertz CT molecular complexity index is 544. The fraction of sp³-hybridized carbons (Fsp3) is 0.400. The van der Waals surface area contributed by atoms with Gasteiger partial charge in [0.2, 0.25) is 0 Å². The van der Waals surface area contributed by atoms with Crippen molar-refractivity contribution in [2.45, 2.75) is 40.2 Å². The molecule has 0 saturated heterocycles. The van der Waals surface area contributed by atoms with Gasteiger partial charge in [0.25, 0.3) is 0 Å². The van der Waals surface area contributed by atoms with Crippen LogP contribution in [0.4, 0.5) is 5.82 Å². The van der Waals surface area contributed by atoms with Crippen molar-refractivity contribution < 1.29 is 0 Å². The van der Waals surface area contributed by atoms with E-state index in [1.807, 2.05) is 19.9 Å². The summed E-state index contributed by atoms with van der Waals surface area (Å²) in [6.07, 6.45) is 1.80. The molecule has 0 spiro atoms. The molecule has 0 aliphatic carbocycles. The summed E-state index contributed by atoms with van der Waals surface area (Å²) < 4.78 is 0. The highest BCUT2D eigenvalue weighted by Crippen LogP contribution is 2.12. The first-order valence-corrected chi connectivity index (χ1v) is 6.55. The lowest BCUT2D eigenvalue weighted by Gasteiger charge is -2.09. The van der Waals surface area contributed by atoms with E-state index in [0.717, 1.165) is 29.6 Å². The van der Waals surface area contributed by atoms with Crippen molar-refractivity contribution in [2.75, 3.05) is 5.32 Å². The molecule has 1 N–H and O–H groups in total. The van der Waals surface area contributed by atoms with Crippen molar-refractivity contribution in [2.24, 2.45) is 0 Å². The van der Waals surface area contributed by atoms with Gasteiger partial charge >= 0.3 is 0 Å². The number of hydrogen-bond acceptors (Lipinski definition) is 4. The smallest absolute Gasteiger partial charge is 0.133 e. The summed E-state index contributed by atoms with van der Waals surface area (Å²) in [5, 5.41) is 3.33. The maximum absolute atomic E-state index is 4.49. The number of aromatic nitrogens is 3. The van der Waals surface area contributed by atoms with E-state index in [1.54, 1.807) is 6.20 Å². The molecule has 2 aromatic heterocycles. The van der Waals surface area contributed by atoms with E-state index in [2.05, 4.69) is 46.2 Å². The molecule has 0 aromatic carbocycles. The number of hydrogen-bond donors (Lipinski definition) is 1. The Morgan fingerprint density at radius 2 is 1.79 bits per heavy atom. The molecular formula is C15H20N4. The molecule has 2 aromatic rings. The van der Waals surface area contributed by atoms with Gasteiger partial charge in [0.15, 0.2) is 0 Å². The zero-order valence-corrected chi connectivity index (χ0v) is 11.9. The summed E-state index contributed by atoms with van der Waals surface area (Å²) in [6.45, 7) is 8.96. The Morgan fingerprint density at radius 1 is 1.11 bits per heavy atom. The van der Waals surface area contributed by atoms with E-state index in [1.165, 1.54) is 5.56 Å². The Labute approximate surface area is 114 Å².